The number of nitrogens with two attached hydrogens (primary N) is 1. The second-order valence-corrected chi connectivity index (χ2v) is 11.1. The van der Waals surface area contributed by atoms with E-state index in [4.69, 9.17) is 33.7 Å². The van der Waals surface area contributed by atoms with E-state index in [1.165, 1.54) is 4.31 Å². The van der Waals surface area contributed by atoms with E-state index in [-0.39, 0.29) is 18.0 Å². The smallest absolute Gasteiger partial charge is 0.408 e. The first-order valence-electron chi connectivity index (χ1n) is 9.96. The van der Waals surface area contributed by atoms with Gasteiger partial charge in [-0.25, -0.2) is 13.2 Å². The Morgan fingerprint density at radius 2 is 1.73 bits per heavy atom. The minimum Gasteiger partial charge on any atom is -0.444 e. The van der Waals surface area contributed by atoms with E-state index < -0.39 is 33.7 Å². The summed E-state index contributed by atoms with van der Waals surface area (Å²) in [6.45, 7) is 5.13. The lowest BCUT2D eigenvalue weighted by atomic mass is 10.0. The number of anilines is 1. The number of hydrogen-bond acceptors (Lipinski definition) is 5. The van der Waals surface area contributed by atoms with Crippen LogP contribution in [0.3, 0.4) is 0 Å². The van der Waals surface area contributed by atoms with Gasteiger partial charge in [-0.3, -0.25) is 9.10 Å². The molecule has 33 heavy (non-hydrogen) atoms. The molecule has 0 radical (unpaired) electrons. The van der Waals surface area contributed by atoms with Crippen LogP contribution in [0.25, 0.3) is 0 Å². The van der Waals surface area contributed by atoms with Crippen molar-refractivity contribution in [3.8, 4) is 0 Å². The third-order valence-electron chi connectivity index (χ3n) is 4.43. The van der Waals surface area contributed by atoms with Crippen LogP contribution in [0.2, 0.25) is 10.0 Å². The van der Waals surface area contributed by atoms with Crippen molar-refractivity contribution >= 4 is 50.9 Å². The Morgan fingerprint density at radius 3 is 2.24 bits per heavy atom. The van der Waals surface area contributed by atoms with Gasteiger partial charge in [0.1, 0.15) is 5.60 Å². The van der Waals surface area contributed by atoms with Crippen LogP contribution in [-0.2, 0) is 26.1 Å². The van der Waals surface area contributed by atoms with E-state index in [0.717, 1.165) is 6.26 Å². The molecule has 0 aliphatic carbocycles. The third-order valence-corrected chi connectivity index (χ3v) is 6.42. The normalized spacial score (nSPS) is 12.7. The Morgan fingerprint density at radius 1 is 1.12 bits per heavy atom. The van der Waals surface area contributed by atoms with Crippen LogP contribution in [-0.4, -0.2) is 32.3 Å². The minimum atomic E-state index is -3.67. The lowest BCUT2D eigenvalue weighted by Crippen LogP contribution is -2.36. The third kappa shape index (κ3) is 8.10. The number of amides is 2. The van der Waals surface area contributed by atoms with Crippen molar-refractivity contribution in [2.24, 2.45) is 5.73 Å². The van der Waals surface area contributed by atoms with E-state index in [0.29, 0.717) is 21.8 Å². The summed E-state index contributed by atoms with van der Waals surface area (Å²) in [7, 11) is -3.67. The van der Waals surface area contributed by atoms with Crippen LogP contribution >= 0.6 is 23.2 Å². The van der Waals surface area contributed by atoms with E-state index >= 15 is 0 Å². The molecule has 0 spiro atoms. The molecule has 2 amide bonds. The molecular weight excluding hydrogens is 489 g/mol. The molecule has 1 atom stereocenters. The molecule has 11 heteroatoms. The summed E-state index contributed by atoms with van der Waals surface area (Å²) < 4.78 is 31.4. The van der Waals surface area contributed by atoms with Crippen LogP contribution in [0.5, 0.6) is 0 Å². The molecule has 0 aromatic heterocycles. The zero-order chi connectivity index (χ0) is 25.0. The number of primary amides is 1. The number of sulfonamides is 1. The highest BCUT2D eigenvalue weighted by molar-refractivity contribution is 7.92. The molecule has 8 nitrogen and oxygen atoms in total. The highest BCUT2D eigenvalue weighted by Gasteiger charge is 2.24. The molecule has 0 bridgehead atoms. The molecular formula is C22H27Cl2N3O5S. The standard InChI is InChI=1S/C22H27Cl2N3O5S/c1-22(2,3)32-21(29)26-18(12-19(25)28)14-8-10-16(11-9-14)27(33(4,30)31)13-15-6-5-7-17(23)20(15)24/h5-11,18H,12-13H2,1-4H3,(H2,25,28)(H,26,29). The first-order valence-corrected chi connectivity index (χ1v) is 12.6. The van der Waals surface area contributed by atoms with Gasteiger partial charge < -0.3 is 15.8 Å². The molecule has 0 heterocycles. The number of rotatable bonds is 8. The zero-order valence-electron chi connectivity index (χ0n) is 18.8. The molecule has 1 unspecified atom stereocenters. The maximum Gasteiger partial charge on any atom is 0.408 e. The van der Waals surface area contributed by atoms with Gasteiger partial charge in [0.15, 0.2) is 0 Å². The molecule has 180 valence electrons. The van der Waals surface area contributed by atoms with Gasteiger partial charge in [0, 0.05) is 0 Å². The topological polar surface area (TPSA) is 119 Å². The Hall–Kier alpha value is -2.49. The predicted molar refractivity (Wildman–Crippen MR) is 130 cm³/mol. The van der Waals surface area contributed by atoms with Gasteiger partial charge >= 0.3 is 6.09 Å². The summed E-state index contributed by atoms with van der Waals surface area (Å²) in [5.41, 5.74) is 6.08. The van der Waals surface area contributed by atoms with Crippen LogP contribution in [0.4, 0.5) is 10.5 Å². The predicted octanol–water partition coefficient (Wildman–Crippen LogP) is 4.40. The lowest BCUT2D eigenvalue weighted by Gasteiger charge is -2.25. The number of alkyl carbamates (subject to hydrolysis) is 1. The Kier molecular flexibility index (Phi) is 8.62. The largest absolute Gasteiger partial charge is 0.444 e. The Bertz CT molecular complexity index is 1120. The van der Waals surface area contributed by atoms with E-state index in [9.17, 15) is 18.0 Å². The van der Waals surface area contributed by atoms with Gasteiger partial charge in [-0.2, -0.15) is 0 Å². The van der Waals surface area contributed by atoms with Crippen LogP contribution < -0.4 is 15.4 Å². The Labute approximate surface area is 204 Å². The van der Waals surface area contributed by atoms with E-state index in [1.54, 1.807) is 63.2 Å². The highest BCUT2D eigenvalue weighted by atomic mass is 35.5. The van der Waals surface area contributed by atoms with Gasteiger partial charge in [-0.15, -0.1) is 0 Å². The number of ether oxygens (including phenoxy) is 1. The summed E-state index contributed by atoms with van der Waals surface area (Å²) in [4.78, 5) is 23.7. The molecule has 0 aliphatic rings. The maximum absolute atomic E-state index is 12.5. The molecule has 0 fully saturated rings. The second-order valence-electron chi connectivity index (χ2n) is 8.44. The fourth-order valence-corrected chi connectivity index (χ4v) is 4.26. The highest BCUT2D eigenvalue weighted by Crippen LogP contribution is 2.30. The number of halogens is 2. The molecule has 0 saturated heterocycles. The van der Waals surface area contributed by atoms with Gasteiger partial charge in [-0.05, 0) is 50.1 Å². The van der Waals surface area contributed by atoms with Gasteiger partial charge in [-0.1, -0.05) is 47.5 Å². The number of benzene rings is 2. The zero-order valence-corrected chi connectivity index (χ0v) is 21.1. The van der Waals surface area contributed by atoms with Crippen LogP contribution in [0.1, 0.15) is 44.4 Å². The number of nitrogens with one attached hydrogen (secondary N) is 1. The summed E-state index contributed by atoms with van der Waals surface area (Å²) >= 11 is 12.3. The molecule has 2 rings (SSSR count). The van der Waals surface area contributed by atoms with Crippen molar-refractivity contribution in [1.82, 2.24) is 5.32 Å². The number of carbonyl (C=O) groups is 2. The maximum atomic E-state index is 12.5. The fraction of sp³-hybridized carbons (Fsp3) is 0.364. The van der Waals surface area contributed by atoms with Crippen molar-refractivity contribution in [3.63, 3.8) is 0 Å². The van der Waals surface area contributed by atoms with Crippen molar-refractivity contribution in [1.29, 1.82) is 0 Å². The van der Waals surface area contributed by atoms with Crippen molar-refractivity contribution in [2.75, 3.05) is 10.6 Å². The number of hydrogen-bond donors (Lipinski definition) is 2. The van der Waals surface area contributed by atoms with Crippen molar-refractivity contribution in [2.45, 2.75) is 45.4 Å². The average Bonchev–Trinajstić information content (AvgIpc) is 2.66. The molecule has 2 aromatic rings. The van der Waals surface area contributed by atoms with Crippen LogP contribution in [0.15, 0.2) is 42.5 Å². The average molecular weight is 516 g/mol. The summed E-state index contributed by atoms with van der Waals surface area (Å²) in [6, 6.07) is 10.6. The molecule has 0 aliphatic heterocycles. The number of carbonyl (C=O) groups excluding carboxylic acids is 2. The van der Waals surface area contributed by atoms with E-state index in [1.807, 2.05) is 0 Å². The molecule has 2 aromatic carbocycles. The summed E-state index contributed by atoms with van der Waals surface area (Å²) in [5.74, 6) is -0.617. The van der Waals surface area contributed by atoms with Gasteiger partial charge in [0.25, 0.3) is 0 Å². The fourth-order valence-electron chi connectivity index (χ4n) is 3.00. The minimum absolute atomic E-state index is 0.0293. The van der Waals surface area contributed by atoms with Crippen LogP contribution in [0, 0.1) is 0 Å². The second kappa shape index (κ2) is 10.6. The quantitative estimate of drug-likeness (QED) is 0.539. The first kappa shape index (κ1) is 26.8. The lowest BCUT2D eigenvalue weighted by molar-refractivity contribution is -0.118. The Balaban J connectivity index is 2.33. The van der Waals surface area contributed by atoms with E-state index in [2.05, 4.69) is 5.32 Å². The van der Waals surface area contributed by atoms with Crippen molar-refractivity contribution in [3.05, 3.63) is 63.6 Å². The molecule has 0 saturated carbocycles. The molecule has 3 N–H and O–H groups in total. The van der Waals surface area contributed by atoms with Gasteiger partial charge in [0.2, 0.25) is 15.9 Å². The number of nitrogens with zero attached hydrogens (tertiary/aromatic N) is 1. The SMILES string of the molecule is CC(C)(C)OC(=O)NC(CC(N)=O)c1ccc(N(Cc2cccc(Cl)c2Cl)S(C)(=O)=O)cc1. The van der Waals surface area contributed by atoms with Crippen molar-refractivity contribution < 1.29 is 22.7 Å². The summed E-state index contributed by atoms with van der Waals surface area (Å²) in [5, 5.41) is 3.22. The monoisotopic (exact) mass is 515 g/mol. The van der Waals surface area contributed by atoms with Gasteiger partial charge in [0.05, 0.1) is 41.0 Å². The first-order chi connectivity index (χ1) is 15.2. The summed E-state index contributed by atoms with van der Waals surface area (Å²) in [6.07, 6.45) is 0.220.